The summed E-state index contributed by atoms with van der Waals surface area (Å²) >= 11 is 0. The molecule has 0 N–H and O–H groups in total. The van der Waals surface area contributed by atoms with Crippen LogP contribution in [0.3, 0.4) is 0 Å². The summed E-state index contributed by atoms with van der Waals surface area (Å²) in [7, 11) is 0. The van der Waals surface area contributed by atoms with Crippen LogP contribution in [0.4, 0.5) is 43.9 Å². The third-order valence-electron chi connectivity index (χ3n) is 15.0. The van der Waals surface area contributed by atoms with Crippen LogP contribution in [0.25, 0.3) is 90.1 Å². The summed E-state index contributed by atoms with van der Waals surface area (Å²) in [4.78, 5) is 31.4. The number of pyridine rings is 8. The van der Waals surface area contributed by atoms with Gasteiger partial charge in [-0.2, -0.15) is 8.78 Å². The van der Waals surface area contributed by atoms with Gasteiger partial charge in [-0.05, 0) is 109 Å². The van der Waals surface area contributed by atoms with E-state index in [1.807, 2.05) is 110 Å². The molecule has 8 nitrogen and oxygen atoms in total. The van der Waals surface area contributed by atoms with Gasteiger partial charge in [0, 0.05) is 244 Å². The molecule has 8 aromatic heterocycles. The molecule has 620 valence electrons. The minimum Gasteiger partial charge on any atom is -0.305 e. The molecule has 0 saturated carbocycles. The minimum absolute atomic E-state index is 0. The van der Waals surface area contributed by atoms with Gasteiger partial charge in [-0.3, -0.25) is 14.4 Å². The molecule has 0 aliphatic rings. The Bertz CT molecular complexity index is 5470. The zero-order valence-corrected chi connectivity index (χ0v) is 81.1. The first kappa shape index (κ1) is 107. The second kappa shape index (κ2) is 57.6. The summed E-state index contributed by atoms with van der Waals surface area (Å²) in [5.41, 5.74) is 11.4. The van der Waals surface area contributed by atoms with Gasteiger partial charge >= 0.3 is 0 Å². The van der Waals surface area contributed by atoms with Crippen molar-refractivity contribution in [1.82, 2.24) is 39.9 Å². The quantitative estimate of drug-likeness (QED) is 0.0842. The maximum atomic E-state index is 13.5. The normalized spacial score (nSPS) is 9.41. The Morgan fingerprint density at radius 2 is 0.703 bits per heavy atom. The Morgan fingerprint density at radius 1 is 0.263 bits per heavy atom. The summed E-state index contributed by atoms with van der Waals surface area (Å²) in [6.45, 7) is 7.15. The smallest absolute Gasteiger partial charge is 0.204 e. The topological polar surface area (TPSA) is 103 Å². The Hall–Kier alpha value is -8.55. The molecule has 16 aromatic rings. The van der Waals surface area contributed by atoms with Gasteiger partial charge in [0.25, 0.3) is 0 Å². The first-order valence-electron chi connectivity index (χ1n) is 33.5. The van der Waals surface area contributed by atoms with E-state index in [1.165, 1.54) is 72.9 Å². The van der Waals surface area contributed by atoms with Crippen LogP contribution in [0.1, 0.15) is 22.3 Å². The molecule has 26 heteroatoms. The van der Waals surface area contributed by atoms with Gasteiger partial charge in [0.05, 0.1) is 0 Å². The summed E-state index contributed by atoms with van der Waals surface area (Å²) in [5.74, 6) is -4.40. The molecule has 8 radical (unpaired) electrons. The van der Waals surface area contributed by atoms with Crippen molar-refractivity contribution in [3.63, 3.8) is 0 Å². The fraction of sp³-hybridized carbons (Fsp3) is 0.0435. The van der Waals surface area contributed by atoms with Crippen LogP contribution in [0.2, 0.25) is 0 Å². The third kappa shape index (κ3) is 34.7. The fourth-order valence-electron chi connectivity index (χ4n) is 9.76. The maximum absolute atomic E-state index is 13.5. The van der Waals surface area contributed by atoms with Gasteiger partial charge in [-0.25, -0.2) is 30.7 Å². The van der Waals surface area contributed by atoms with Crippen molar-refractivity contribution in [2.75, 3.05) is 0 Å². The van der Waals surface area contributed by atoms with Crippen LogP contribution in [0, 0.1) is 135 Å². The van der Waals surface area contributed by atoms with Gasteiger partial charge in [-0.15, -0.1) is 251 Å². The molecular weight excluding hydrogens is 2940 g/mol. The predicted molar refractivity (Wildman–Crippen MR) is 407 cm³/mol. The van der Waals surface area contributed by atoms with E-state index in [0.717, 1.165) is 57.0 Å². The Kier molecular flexibility index (Phi) is 52.5. The zero-order chi connectivity index (χ0) is 78.0. The Morgan fingerprint density at radius 3 is 1.22 bits per heavy atom. The van der Waals surface area contributed by atoms with Crippen molar-refractivity contribution in [2.24, 2.45) is 0 Å². The van der Waals surface area contributed by atoms with Crippen LogP contribution in [-0.4, -0.2) is 39.9 Å². The Balaban J connectivity index is 0.000000668. The van der Waals surface area contributed by atoms with Gasteiger partial charge < -0.3 is 29.9 Å². The molecule has 0 aliphatic carbocycles. The van der Waals surface area contributed by atoms with Crippen LogP contribution in [-0.2, 0) is 161 Å². The minimum atomic E-state index is -0.696. The van der Waals surface area contributed by atoms with Crippen molar-refractivity contribution in [1.29, 1.82) is 0 Å². The van der Waals surface area contributed by atoms with Crippen LogP contribution < -0.4 is 0 Å². The number of hydrogen-bond donors (Lipinski definition) is 0. The van der Waals surface area contributed by atoms with Gasteiger partial charge in [0.1, 0.15) is 23.3 Å². The van der Waals surface area contributed by atoms with Crippen molar-refractivity contribution < 1.29 is 205 Å². The van der Waals surface area contributed by atoms with E-state index in [-0.39, 0.29) is 201 Å². The molecule has 0 aliphatic heterocycles. The van der Waals surface area contributed by atoms with E-state index in [0.29, 0.717) is 50.5 Å². The molecule has 0 bridgehead atoms. The molecule has 0 fully saturated rings. The third-order valence-corrected chi connectivity index (χ3v) is 15.0. The number of halogens is 10. The molecule has 8 aromatic carbocycles. The second-order valence-electron chi connectivity index (χ2n) is 23.0. The van der Waals surface area contributed by atoms with Crippen LogP contribution in [0.5, 0.6) is 0 Å². The van der Waals surface area contributed by atoms with Crippen molar-refractivity contribution in [3.8, 4) is 90.1 Å². The summed E-state index contributed by atoms with van der Waals surface area (Å²) in [6, 6.07) is 95.4. The largest absolute Gasteiger partial charge is 0.305 e. The van der Waals surface area contributed by atoms with Crippen LogP contribution >= 0.6 is 0 Å². The van der Waals surface area contributed by atoms with E-state index >= 15 is 0 Å². The zero-order valence-electron chi connectivity index (χ0n) is 61.9. The summed E-state index contributed by atoms with van der Waals surface area (Å²) in [6.07, 6.45) is 9.84. The molecule has 0 saturated heterocycles. The molecule has 118 heavy (non-hydrogen) atoms. The number of benzene rings is 8. The second-order valence-corrected chi connectivity index (χ2v) is 23.0. The molecule has 8 heterocycles. The van der Waals surface area contributed by atoms with E-state index in [4.69, 9.17) is 0 Å². The van der Waals surface area contributed by atoms with Gasteiger partial charge in [-0.1, -0.05) is 73.0 Å². The molecule has 0 unspecified atom stereocenters. The number of nitrogens with zero attached hydrogens (tertiary/aromatic N) is 8. The van der Waals surface area contributed by atoms with Gasteiger partial charge in [0.15, 0.2) is 0 Å². The molecule has 0 amide bonds. The number of aryl methyl sites for hydroxylation is 3. The molecule has 16 rings (SSSR count). The molecule has 0 atom stereocenters. The van der Waals surface area contributed by atoms with Crippen molar-refractivity contribution in [2.45, 2.75) is 27.7 Å². The summed E-state index contributed by atoms with van der Waals surface area (Å²) in [5, 5.41) is 0. The fourth-order valence-corrected chi connectivity index (χ4v) is 9.76. The van der Waals surface area contributed by atoms with Crippen molar-refractivity contribution >= 4 is 0 Å². The van der Waals surface area contributed by atoms with Gasteiger partial charge in [0.2, 0.25) is 11.9 Å². The number of aromatic nitrogens is 8. The monoisotopic (exact) mass is 3010 g/mol. The standard InChI is InChI=1S/2C12H8F2N.2C12H9FN.C11H6F2N.2C11H7FN.C11H8N.8Ir/c1-8-5-11(14)12(15-7-8)9-3-2-4-10(13)6-9;1-8-6-7-11(14)15-12(8)9-4-2-3-5-10(9)13;1-9-4-2-5-10(8-9)12-11(13)6-3-7-14-12;1-9-10(5-4-6-11(9)13)12-7-2-3-8-14-12;12-9-6-7-10(13)14-11(9)8-4-2-1-3-5-8;12-10-5-3-4-9(8-10)11-6-1-2-7-13-11;12-10-7-4-8-13-11(10)9-5-2-1-3-6-9;1-2-6-10(7-3-1)11-8-4-5-9-12-11;;;;;;;;/h2-5,7H,1H3;2-3,5-7H,1H3;2-7H,1H3;2-4,6-8H,1H3;1-4,6-7H;1-3,5-8H;1-5,7-8H;1-6,8-9H;;;;;;;;/q8*-1;;;;;;;;. The average molecular weight is 3010 g/mol. The molecular formula is C92H62F10Ir8N8-8. The predicted octanol–water partition coefficient (Wildman–Crippen LogP) is 23.0. The van der Waals surface area contributed by atoms with E-state index in [2.05, 4.69) is 88.4 Å². The average Bonchev–Trinajstić information content (AvgIpc) is 0.833. The number of rotatable bonds is 8. The SMILES string of the molecule is Cc1[c-]c(-c2ncccc2F)ccc1.Cc1c(-c2ccccn2)[c-]ccc1F.Cc1ccc(F)nc1-c1[c-]cccc1F.Cc1cnc(-c2[c-]c(F)ccc2)c(F)c1.Fc1cc[c-]c(-c2ccccn2)c1.Fc1ccc(F)c(-c2[c-]cccc2)n1.Fc1cccnc1-c1[c-]cccc1.[Ir].[Ir].[Ir].[Ir].[Ir].[Ir].[Ir].[Ir].[c-]1ccccc1-c1ccccn1. The summed E-state index contributed by atoms with van der Waals surface area (Å²) < 4.78 is 131. The Labute approximate surface area is 787 Å². The van der Waals surface area contributed by atoms with E-state index in [1.54, 1.807) is 137 Å². The first-order valence-corrected chi connectivity index (χ1v) is 33.5. The van der Waals surface area contributed by atoms with E-state index < -0.39 is 35.2 Å². The van der Waals surface area contributed by atoms with E-state index in [9.17, 15) is 43.9 Å². The molecule has 0 spiro atoms. The van der Waals surface area contributed by atoms with Crippen molar-refractivity contribution in [3.05, 3.63) is 433 Å². The number of hydrogen-bond acceptors (Lipinski definition) is 8. The first-order chi connectivity index (χ1) is 53.4. The van der Waals surface area contributed by atoms with Crippen LogP contribution in [0.15, 0.2) is 304 Å². The maximum Gasteiger partial charge on any atom is 0.204 e.